The Hall–Kier alpha value is -4.14. The van der Waals surface area contributed by atoms with E-state index in [1.165, 1.54) is 17.4 Å². The molecule has 1 heterocycles. The minimum Gasteiger partial charge on any atom is -0.508 e. The molecule has 0 aliphatic carbocycles. The van der Waals surface area contributed by atoms with E-state index in [4.69, 9.17) is 4.74 Å². The zero-order chi connectivity index (χ0) is 25.5. The zero-order valence-electron chi connectivity index (χ0n) is 19.7. The number of amides is 1. The number of ether oxygens (including phenoxy) is 1. The lowest BCUT2D eigenvalue weighted by molar-refractivity contribution is -0.116. The van der Waals surface area contributed by atoms with Crippen LogP contribution in [0.1, 0.15) is 15.9 Å². The second-order valence-corrected chi connectivity index (χ2v) is 9.01. The van der Waals surface area contributed by atoms with Crippen molar-refractivity contribution in [3.63, 3.8) is 0 Å². The number of nitrogens with one attached hydrogen (secondary N) is 2. The third-order valence-corrected chi connectivity index (χ3v) is 6.67. The van der Waals surface area contributed by atoms with Crippen LogP contribution in [0, 0.1) is 0 Å². The summed E-state index contributed by atoms with van der Waals surface area (Å²) in [6.07, 6.45) is 3.21. The number of carbonyl (C=O) groups excluding carboxylic acids is 2. The fourth-order valence-corrected chi connectivity index (χ4v) is 4.89. The van der Waals surface area contributed by atoms with Crippen molar-refractivity contribution in [2.75, 3.05) is 26.7 Å². The van der Waals surface area contributed by atoms with Gasteiger partial charge in [0.25, 0.3) is 0 Å². The lowest BCUT2D eigenvalue weighted by Gasteiger charge is -2.08. The Morgan fingerprint density at radius 1 is 0.972 bits per heavy atom. The first-order valence-electron chi connectivity index (χ1n) is 11.4. The summed E-state index contributed by atoms with van der Waals surface area (Å²) in [6, 6.07) is 18.7. The fraction of sp³-hybridized carbons (Fsp3) is 0.143. The molecule has 3 aromatic carbocycles. The highest BCUT2D eigenvalue weighted by Gasteiger charge is 2.22. The standard InChI is InChI=1S/C28H26N2O5S/c1-29-25(33)3-2-14-30-15-16-35-22-11-6-18(7-12-22)27(34)26-23-13-10-21(32)17-24(23)36-28(26)19-4-8-20(31)9-5-19/h2-13,17,30-32H,14-16H2,1H3,(H,29,33)/b3-2+. The van der Waals surface area contributed by atoms with Gasteiger partial charge in [-0.05, 0) is 72.3 Å². The third kappa shape index (κ3) is 5.91. The number of likely N-dealkylation sites (N-methyl/N-ethyl adjacent to an activating group) is 1. The Bertz CT molecular complexity index is 1390. The van der Waals surface area contributed by atoms with E-state index in [9.17, 15) is 19.8 Å². The van der Waals surface area contributed by atoms with Crippen molar-refractivity contribution >= 4 is 33.1 Å². The summed E-state index contributed by atoms with van der Waals surface area (Å²) in [5.41, 5.74) is 1.89. The van der Waals surface area contributed by atoms with Gasteiger partial charge in [-0.15, -0.1) is 11.3 Å². The quantitative estimate of drug-likeness (QED) is 0.145. The molecule has 0 atom stereocenters. The van der Waals surface area contributed by atoms with Crippen molar-refractivity contribution in [3.8, 4) is 27.7 Å². The van der Waals surface area contributed by atoms with E-state index < -0.39 is 0 Å². The molecule has 4 aromatic rings. The summed E-state index contributed by atoms with van der Waals surface area (Å²) in [6.45, 7) is 1.59. The highest BCUT2D eigenvalue weighted by molar-refractivity contribution is 7.22. The lowest BCUT2D eigenvalue weighted by Crippen LogP contribution is -2.21. The average molecular weight is 503 g/mol. The molecule has 4 N–H and O–H groups in total. The van der Waals surface area contributed by atoms with Crippen LogP contribution in [0.5, 0.6) is 17.2 Å². The molecule has 184 valence electrons. The van der Waals surface area contributed by atoms with Crippen molar-refractivity contribution in [2.24, 2.45) is 0 Å². The maximum Gasteiger partial charge on any atom is 0.243 e. The second kappa shape index (κ2) is 11.5. The molecule has 0 aliphatic heterocycles. The number of thiophene rings is 1. The van der Waals surface area contributed by atoms with Crippen LogP contribution in [-0.2, 0) is 4.79 Å². The van der Waals surface area contributed by atoms with Crippen molar-refractivity contribution < 1.29 is 24.5 Å². The summed E-state index contributed by atoms with van der Waals surface area (Å²) < 4.78 is 6.55. The SMILES string of the molecule is CNC(=O)/C=C/CNCCOc1ccc(C(=O)c2c(-c3ccc(O)cc3)sc3cc(O)ccc23)cc1. The van der Waals surface area contributed by atoms with Crippen LogP contribution in [0.25, 0.3) is 20.5 Å². The molecule has 0 saturated heterocycles. The monoisotopic (exact) mass is 502 g/mol. The first-order valence-corrected chi connectivity index (χ1v) is 12.2. The summed E-state index contributed by atoms with van der Waals surface area (Å²) in [7, 11) is 1.58. The van der Waals surface area contributed by atoms with Gasteiger partial charge in [-0.3, -0.25) is 9.59 Å². The molecule has 8 heteroatoms. The van der Waals surface area contributed by atoms with E-state index in [0.29, 0.717) is 36.6 Å². The number of benzene rings is 3. The highest BCUT2D eigenvalue weighted by atomic mass is 32.1. The van der Waals surface area contributed by atoms with Gasteiger partial charge >= 0.3 is 0 Å². The molecule has 0 saturated carbocycles. The van der Waals surface area contributed by atoms with Gasteiger partial charge in [-0.2, -0.15) is 0 Å². The summed E-state index contributed by atoms with van der Waals surface area (Å²) in [5, 5.41) is 26.0. The number of aromatic hydroxyl groups is 2. The molecule has 36 heavy (non-hydrogen) atoms. The number of phenols is 2. The molecule has 1 amide bonds. The lowest BCUT2D eigenvalue weighted by atomic mass is 9.97. The molecule has 4 rings (SSSR count). The van der Waals surface area contributed by atoms with E-state index >= 15 is 0 Å². The number of fused-ring (bicyclic) bond motifs is 1. The summed E-state index contributed by atoms with van der Waals surface area (Å²) >= 11 is 1.42. The molecule has 1 aromatic heterocycles. The Morgan fingerprint density at radius 2 is 1.69 bits per heavy atom. The minimum atomic E-state index is -0.147. The van der Waals surface area contributed by atoms with Crippen molar-refractivity contribution in [1.82, 2.24) is 10.6 Å². The van der Waals surface area contributed by atoms with Crippen LogP contribution in [0.4, 0.5) is 0 Å². The predicted octanol–water partition coefficient (Wildman–Crippen LogP) is 4.48. The van der Waals surface area contributed by atoms with Crippen LogP contribution in [0.3, 0.4) is 0 Å². The van der Waals surface area contributed by atoms with Gasteiger partial charge in [0.05, 0.1) is 0 Å². The maximum atomic E-state index is 13.6. The minimum absolute atomic E-state index is 0.133. The van der Waals surface area contributed by atoms with E-state index in [1.54, 1.807) is 79.9 Å². The van der Waals surface area contributed by atoms with E-state index in [1.807, 2.05) is 0 Å². The van der Waals surface area contributed by atoms with Crippen LogP contribution >= 0.6 is 11.3 Å². The van der Waals surface area contributed by atoms with Crippen LogP contribution in [-0.4, -0.2) is 48.6 Å². The predicted molar refractivity (Wildman–Crippen MR) is 142 cm³/mol. The Labute approximate surface area is 212 Å². The van der Waals surface area contributed by atoms with Gasteiger partial charge in [0.15, 0.2) is 5.78 Å². The van der Waals surface area contributed by atoms with Gasteiger partial charge in [0, 0.05) is 52.3 Å². The first kappa shape index (κ1) is 25.0. The van der Waals surface area contributed by atoms with E-state index in [0.717, 1.165) is 20.5 Å². The molecule has 0 radical (unpaired) electrons. The highest BCUT2D eigenvalue weighted by Crippen LogP contribution is 2.41. The molecule has 0 unspecified atom stereocenters. The summed E-state index contributed by atoms with van der Waals surface area (Å²) in [5.74, 6) is 0.653. The Kier molecular flexibility index (Phi) is 7.99. The molecule has 0 bridgehead atoms. The Morgan fingerprint density at radius 3 is 2.42 bits per heavy atom. The molecular formula is C28H26N2O5S. The number of carbonyl (C=O) groups is 2. The number of rotatable bonds is 10. The van der Waals surface area contributed by atoms with Crippen LogP contribution in [0.2, 0.25) is 0 Å². The normalized spacial score (nSPS) is 11.1. The van der Waals surface area contributed by atoms with Crippen molar-refractivity contribution in [3.05, 3.63) is 90.0 Å². The van der Waals surface area contributed by atoms with Gasteiger partial charge in [0.2, 0.25) is 5.91 Å². The van der Waals surface area contributed by atoms with Gasteiger partial charge in [-0.25, -0.2) is 0 Å². The number of hydrogen-bond donors (Lipinski definition) is 4. The zero-order valence-corrected chi connectivity index (χ0v) is 20.5. The second-order valence-electron chi connectivity index (χ2n) is 7.96. The molecule has 0 fully saturated rings. The average Bonchev–Trinajstić information content (AvgIpc) is 3.26. The van der Waals surface area contributed by atoms with E-state index in [2.05, 4.69) is 10.6 Å². The van der Waals surface area contributed by atoms with Crippen molar-refractivity contribution in [2.45, 2.75) is 0 Å². The molecular weight excluding hydrogens is 476 g/mol. The molecule has 7 nitrogen and oxygen atoms in total. The number of ketones is 1. The van der Waals surface area contributed by atoms with Gasteiger partial charge < -0.3 is 25.6 Å². The molecule has 0 aliphatic rings. The first-order chi connectivity index (χ1) is 17.5. The number of hydrogen-bond acceptors (Lipinski definition) is 7. The third-order valence-electron chi connectivity index (χ3n) is 5.47. The largest absolute Gasteiger partial charge is 0.508 e. The number of phenolic OH excluding ortho intramolecular Hbond substituents is 2. The van der Waals surface area contributed by atoms with Gasteiger partial charge in [-0.1, -0.05) is 6.08 Å². The maximum absolute atomic E-state index is 13.6. The van der Waals surface area contributed by atoms with E-state index in [-0.39, 0.29) is 23.2 Å². The topological polar surface area (TPSA) is 108 Å². The Balaban J connectivity index is 1.47. The van der Waals surface area contributed by atoms with Crippen molar-refractivity contribution in [1.29, 1.82) is 0 Å². The summed E-state index contributed by atoms with van der Waals surface area (Å²) in [4.78, 5) is 25.5. The van der Waals surface area contributed by atoms with Crippen LogP contribution in [0.15, 0.2) is 78.9 Å². The smallest absolute Gasteiger partial charge is 0.243 e. The van der Waals surface area contributed by atoms with Crippen LogP contribution < -0.4 is 15.4 Å². The molecule has 0 spiro atoms. The fourth-order valence-electron chi connectivity index (χ4n) is 3.65. The van der Waals surface area contributed by atoms with Gasteiger partial charge in [0.1, 0.15) is 23.9 Å².